The van der Waals surface area contributed by atoms with Crippen LogP contribution < -0.4 is 10.2 Å². The molecule has 2 aromatic rings. The van der Waals surface area contributed by atoms with E-state index in [0.717, 1.165) is 60.3 Å². The number of carbonyl (C=O) groups excluding carboxylic acids is 1. The van der Waals surface area contributed by atoms with E-state index >= 15 is 0 Å². The Morgan fingerprint density at radius 1 is 1.07 bits per heavy atom. The van der Waals surface area contributed by atoms with E-state index in [-0.39, 0.29) is 5.91 Å². The fourth-order valence-electron chi connectivity index (χ4n) is 3.25. The van der Waals surface area contributed by atoms with Crippen molar-refractivity contribution in [3.8, 4) is 5.75 Å². The number of piperazine rings is 1. The smallest absolute Gasteiger partial charge is 0.254 e. The van der Waals surface area contributed by atoms with Gasteiger partial charge in [0.05, 0.1) is 19.4 Å². The Morgan fingerprint density at radius 2 is 1.72 bits per heavy atom. The average Bonchev–Trinajstić information content (AvgIpc) is 2.75. The third-order valence-corrected chi connectivity index (χ3v) is 5.41. The van der Waals surface area contributed by atoms with E-state index in [1.165, 1.54) is 0 Å². The molecule has 3 rings (SSSR count). The molecule has 0 radical (unpaired) electrons. The van der Waals surface area contributed by atoms with Crippen molar-refractivity contribution in [3.05, 3.63) is 64.7 Å². The first-order chi connectivity index (χ1) is 14.0. The summed E-state index contributed by atoms with van der Waals surface area (Å²) in [5.74, 6) is 0.691. The lowest BCUT2D eigenvalue weighted by atomic mass is 10.1. The minimum Gasteiger partial charge on any atom is -0.497 e. The molecule has 0 spiro atoms. The van der Waals surface area contributed by atoms with Crippen LogP contribution in [-0.2, 0) is 11.3 Å². The predicted octanol–water partition coefficient (Wildman–Crippen LogP) is 3.01. The van der Waals surface area contributed by atoms with Crippen LogP contribution in [0.1, 0.15) is 18.1 Å². The summed E-state index contributed by atoms with van der Waals surface area (Å²) in [7, 11) is 1.63. The van der Waals surface area contributed by atoms with E-state index in [0.29, 0.717) is 6.54 Å². The van der Waals surface area contributed by atoms with Crippen LogP contribution >= 0.6 is 11.6 Å². The van der Waals surface area contributed by atoms with Crippen molar-refractivity contribution in [2.75, 3.05) is 39.8 Å². The zero-order valence-electron chi connectivity index (χ0n) is 16.9. The summed E-state index contributed by atoms with van der Waals surface area (Å²) in [5, 5.41) is 5.03. The van der Waals surface area contributed by atoms with Gasteiger partial charge in [0.15, 0.2) is 0 Å². The minimum atomic E-state index is -0.0996. The zero-order chi connectivity index (χ0) is 20.6. The minimum absolute atomic E-state index is 0.0996. The van der Waals surface area contributed by atoms with Crippen LogP contribution in [0.15, 0.2) is 53.6 Å². The quantitative estimate of drug-likeness (QED) is 0.559. The molecule has 0 aliphatic carbocycles. The topological polar surface area (TPSA) is 57.2 Å². The molecule has 0 aromatic heterocycles. The fraction of sp³-hybridized carbons (Fsp3) is 0.364. The summed E-state index contributed by atoms with van der Waals surface area (Å²) < 4.78 is 5.15. The van der Waals surface area contributed by atoms with Crippen molar-refractivity contribution in [1.82, 2.24) is 15.2 Å². The van der Waals surface area contributed by atoms with Gasteiger partial charge in [0.25, 0.3) is 5.91 Å². The zero-order valence-corrected chi connectivity index (χ0v) is 17.7. The first-order valence-electron chi connectivity index (χ1n) is 9.71. The molecular weight excluding hydrogens is 388 g/mol. The van der Waals surface area contributed by atoms with Gasteiger partial charge >= 0.3 is 0 Å². The van der Waals surface area contributed by atoms with Gasteiger partial charge in [0.2, 0.25) is 0 Å². The number of methoxy groups -OCH3 is 1. The van der Waals surface area contributed by atoms with Crippen LogP contribution in [0.2, 0.25) is 5.02 Å². The Labute approximate surface area is 177 Å². The van der Waals surface area contributed by atoms with E-state index in [1.807, 2.05) is 49.4 Å². The molecule has 2 aromatic carbocycles. The lowest BCUT2D eigenvalue weighted by Gasteiger charge is -2.34. The summed E-state index contributed by atoms with van der Waals surface area (Å²) in [5.41, 5.74) is 5.50. The van der Waals surface area contributed by atoms with Gasteiger partial charge < -0.3 is 4.74 Å². The molecule has 0 saturated carbocycles. The summed E-state index contributed by atoms with van der Waals surface area (Å²) in [6, 6.07) is 15.5. The Bertz CT molecular complexity index is 846. The Morgan fingerprint density at radius 3 is 2.38 bits per heavy atom. The number of halogens is 1. The molecule has 1 amide bonds. The molecule has 0 atom stereocenters. The fourth-order valence-corrected chi connectivity index (χ4v) is 3.45. The van der Waals surface area contributed by atoms with E-state index in [9.17, 15) is 4.79 Å². The summed E-state index contributed by atoms with van der Waals surface area (Å²) in [6.07, 6.45) is 0. The monoisotopic (exact) mass is 414 g/mol. The number of ether oxygens (including phenoxy) is 1. The van der Waals surface area contributed by atoms with Crippen molar-refractivity contribution >= 4 is 23.2 Å². The Kier molecular flexibility index (Phi) is 7.63. The van der Waals surface area contributed by atoms with Gasteiger partial charge in [-0.2, -0.15) is 5.10 Å². The van der Waals surface area contributed by atoms with E-state index in [1.54, 1.807) is 7.11 Å². The largest absolute Gasteiger partial charge is 0.497 e. The normalized spacial score (nSPS) is 15.9. The van der Waals surface area contributed by atoms with Gasteiger partial charge in [-0.25, -0.2) is 5.43 Å². The molecule has 0 unspecified atom stereocenters. The summed E-state index contributed by atoms with van der Waals surface area (Å²) in [6.45, 7) is 6.57. The Balaban J connectivity index is 1.42. The molecule has 1 fully saturated rings. The molecule has 154 valence electrons. The second kappa shape index (κ2) is 10.4. The number of carbonyl (C=O) groups is 1. The van der Waals surface area contributed by atoms with Gasteiger partial charge in [-0.3, -0.25) is 14.6 Å². The maximum Gasteiger partial charge on any atom is 0.254 e. The van der Waals surface area contributed by atoms with Crippen LogP contribution in [0.25, 0.3) is 0 Å². The third-order valence-electron chi connectivity index (χ3n) is 5.04. The van der Waals surface area contributed by atoms with E-state index < -0.39 is 0 Å². The first-order valence-corrected chi connectivity index (χ1v) is 10.1. The summed E-state index contributed by atoms with van der Waals surface area (Å²) >= 11 is 6.25. The van der Waals surface area contributed by atoms with Crippen molar-refractivity contribution in [1.29, 1.82) is 0 Å². The lowest BCUT2D eigenvalue weighted by molar-refractivity contribution is -0.122. The van der Waals surface area contributed by atoms with Gasteiger partial charge in [-0.15, -0.1) is 0 Å². The number of rotatable bonds is 7. The summed E-state index contributed by atoms with van der Waals surface area (Å²) in [4.78, 5) is 16.8. The molecule has 1 heterocycles. The molecule has 0 bridgehead atoms. The number of hydrazone groups is 1. The number of amides is 1. The maximum atomic E-state index is 12.3. The van der Waals surface area contributed by atoms with Gasteiger partial charge in [-0.1, -0.05) is 29.8 Å². The van der Waals surface area contributed by atoms with Crippen molar-refractivity contribution in [2.45, 2.75) is 13.5 Å². The molecule has 7 heteroatoms. The van der Waals surface area contributed by atoms with Crippen LogP contribution in [0, 0.1) is 0 Å². The second-order valence-electron chi connectivity index (χ2n) is 7.10. The first kappa shape index (κ1) is 21.3. The molecule has 1 aliphatic rings. The predicted molar refractivity (Wildman–Crippen MR) is 117 cm³/mol. The standard InChI is InChI=1S/C22H27ClN4O2/c1-17(18-7-9-20(29-2)10-8-18)24-25-22(28)16-27-13-11-26(12-14-27)15-19-5-3-4-6-21(19)23/h3-10H,11-16H2,1-2H3,(H,25,28)/b24-17-. The highest BCUT2D eigenvalue weighted by Gasteiger charge is 2.19. The number of nitrogens with zero attached hydrogens (tertiary/aromatic N) is 3. The van der Waals surface area contributed by atoms with Gasteiger partial charge in [-0.05, 0) is 48.4 Å². The number of hydrogen-bond donors (Lipinski definition) is 1. The highest BCUT2D eigenvalue weighted by Crippen LogP contribution is 2.18. The van der Waals surface area contributed by atoms with Crippen LogP contribution in [0.4, 0.5) is 0 Å². The van der Waals surface area contributed by atoms with Gasteiger partial charge in [0, 0.05) is 37.7 Å². The second-order valence-corrected chi connectivity index (χ2v) is 7.51. The lowest BCUT2D eigenvalue weighted by Crippen LogP contribution is -2.48. The molecular formula is C22H27ClN4O2. The average molecular weight is 415 g/mol. The van der Waals surface area contributed by atoms with Crippen molar-refractivity contribution < 1.29 is 9.53 Å². The molecule has 1 saturated heterocycles. The highest BCUT2D eigenvalue weighted by atomic mass is 35.5. The van der Waals surface area contributed by atoms with E-state index in [4.69, 9.17) is 16.3 Å². The van der Waals surface area contributed by atoms with Gasteiger partial charge in [0.1, 0.15) is 5.75 Å². The van der Waals surface area contributed by atoms with Crippen molar-refractivity contribution in [2.24, 2.45) is 5.10 Å². The van der Waals surface area contributed by atoms with Crippen LogP contribution in [0.5, 0.6) is 5.75 Å². The SMILES string of the molecule is COc1ccc(/C(C)=N\NC(=O)CN2CCN(Cc3ccccc3Cl)CC2)cc1. The Hall–Kier alpha value is -2.41. The molecule has 6 nitrogen and oxygen atoms in total. The number of benzene rings is 2. The molecule has 1 N–H and O–H groups in total. The highest BCUT2D eigenvalue weighted by molar-refractivity contribution is 6.31. The van der Waals surface area contributed by atoms with Crippen molar-refractivity contribution in [3.63, 3.8) is 0 Å². The number of nitrogens with one attached hydrogen (secondary N) is 1. The third kappa shape index (κ3) is 6.29. The van der Waals surface area contributed by atoms with E-state index in [2.05, 4.69) is 26.4 Å². The molecule has 1 aliphatic heterocycles. The maximum absolute atomic E-state index is 12.3. The number of hydrogen-bond acceptors (Lipinski definition) is 5. The van der Waals surface area contributed by atoms with Crippen LogP contribution in [0.3, 0.4) is 0 Å². The molecule has 29 heavy (non-hydrogen) atoms. The van der Waals surface area contributed by atoms with Crippen LogP contribution in [-0.4, -0.2) is 61.3 Å².